The smallest absolute Gasteiger partial charge is 0.140 e. The van der Waals surface area contributed by atoms with Gasteiger partial charge in [0.2, 0.25) is 0 Å². The third kappa shape index (κ3) is 3.23. The number of nitrogens with one attached hydrogen (secondary N) is 1. The van der Waals surface area contributed by atoms with Crippen LogP contribution in [-0.2, 0) is 19.4 Å². The minimum absolute atomic E-state index is 0.276. The largest absolute Gasteiger partial charge is 0.409 e. The van der Waals surface area contributed by atoms with Crippen LogP contribution < -0.4 is 11.1 Å². The molecule has 0 bridgehead atoms. The Balaban J connectivity index is 1.85. The maximum absolute atomic E-state index is 8.58. The van der Waals surface area contributed by atoms with Crippen LogP contribution in [0, 0.1) is 0 Å². The third-order valence-electron chi connectivity index (χ3n) is 3.44. The van der Waals surface area contributed by atoms with Crippen molar-refractivity contribution >= 4 is 17.2 Å². The summed E-state index contributed by atoms with van der Waals surface area (Å²) in [5.74, 6) is 0.294. The minimum Gasteiger partial charge on any atom is -0.409 e. The van der Waals surface area contributed by atoms with Gasteiger partial charge in [0.15, 0.2) is 0 Å². The topological polar surface area (TPSA) is 70.6 Å². The monoisotopic (exact) mass is 267 g/mol. The van der Waals surface area contributed by atoms with E-state index in [1.54, 1.807) is 10.4 Å². The van der Waals surface area contributed by atoms with Crippen LogP contribution in [0.5, 0.6) is 0 Å². The van der Waals surface area contributed by atoms with E-state index in [4.69, 9.17) is 10.9 Å². The van der Waals surface area contributed by atoms with E-state index >= 15 is 0 Å². The molecule has 0 saturated heterocycles. The number of nitrogens with zero attached hydrogens (tertiary/aromatic N) is 1. The lowest BCUT2D eigenvalue weighted by Crippen LogP contribution is -2.32. The first-order valence-electron chi connectivity index (χ1n) is 6.53. The Labute approximate surface area is 112 Å². The number of fused-ring (bicyclic) bond motifs is 1. The molecule has 18 heavy (non-hydrogen) atoms. The fourth-order valence-electron chi connectivity index (χ4n) is 2.38. The van der Waals surface area contributed by atoms with Gasteiger partial charge in [-0.05, 0) is 37.3 Å². The van der Waals surface area contributed by atoms with Crippen molar-refractivity contribution in [1.82, 2.24) is 5.32 Å². The number of hydrogen-bond donors (Lipinski definition) is 3. The molecule has 1 aliphatic rings. The Morgan fingerprint density at radius 1 is 1.61 bits per heavy atom. The van der Waals surface area contributed by atoms with Crippen molar-refractivity contribution in [2.45, 2.75) is 51.6 Å². The van der Waals surface area contributed by atoms with Crippen LogP contribution in [0.3, 0.4) is 0 Å². The molecular weight excluding hydrogens is 246 g/mol. The van der Waals surface area contributed by atoms with Crippen molar-refractivity contribution in [3.63, 3.8) is 0 Å². The first kappa shape index (κ1) is 13.4. The standard InChI is InChI=1S/C13H21N3OS/c1-2-10(7-13(14)16-17)15-8-11-6-9-4-3-5-12(9)18-11/h6,10,15,17H,2-5,7-8H2,1H3,(H2,14,16). The second-order valence-electron chi connectivity index (χ2n) is 4.80. The zero-order valence-electron chi connectivity index (χ0n) is 10.8. The molecular formula is C13H21N3OS. The summed E-state index contributed by atoms with van der Waals surface area (Å²) in [5.41, 5.74) is 7.08. The third-order valence-corrected chi connectivity index (χ3v) is 4.68. The zero-order valence-corrected chi connectivity index (χ0v) is 11.6. The number of hydrogen-bond acceptors (Lipinski definition) is 4. The van der Waals surface area contributed by atoms with Crippen molar-refractivity contribution in [3.8, 4) is 0 Å². The van der Waals surface area contributed by atoms with Crippen LogP contribution in [0.1, 0.15) is 41.5 Å². The van der Waals surface area contributed by atoms with Crippen LogP contribution in [0.4, 0.5) is 0 Å². The molecule has 4 nitrogen and oxygen atoms in total. The van der Waals surface area contributed by atoms with Gasteiger partial charge in [-0.15, -0.1) is 11.3 Å². The summed E-state index contributed by atoms with van der Waals surface area (Å²) in [7, 11) is 0. The van der Waals surface area contributed by atoms with Crippen molar-refractivity contribution < 1.29 is 5.21 Å². The van der Waals surface area contributed by atoms with Crippen LogP contribution >= 0.6 is 11.3 Å². The number of nitrogens with two attached hydrogens (primary N) is 1. The van der Waals surface area contributed by atoms with Crippen molar-refractivity contribution in [1.29, 1.82) is 0 Å². The molecule has 0 aromatic carbocycles. The van der Waals surface area contributed by atoms with Gasteiger partial charge < -0.3 is 16.3 Å². The molecule has 0 spiro atoms. The highest BCUT2D eigenvalue weighted by molar-refractivity contribution is 7.12. The Hall–Kier alpha value is -1.07. The summed E-state index contributed by atoms with van der Waals surface area (Å²) in [6.45, 7) is 2.99. The highest BCUT2D eigenvalue weighted by atomic mass is 32.1. The average molecular weight is 267 g/mol. The van der Waals surface area contributed by atoms with E-state index in [-0.39, 0.29) is 6.04 Å². The van der Waals surface area contributed by atoms with E-state index in [9.17, 15) is 0 Å². The van der Waals surface area contributed by atoms with E-state index in [1.165, 1.54) is 24.1 Å². The number of thiophene rings is 1. The van der Waals surface area contributed by atoms with Crippen LogP contribution in [0.2, 0.25) is 0 Å². The lowest BCUT2D eigenvalue weighted by molar-refractivity contribution is 0.315. The van der Waals surface area contributed by atoms with Gasteiger partial charge in [-0.1, -0.05) is 12.1 Å². The predicted molar refractivity (Wildman–Crippen MR) is 75.3 cm³/mol. The molecule has 0 saturated carbocycles. The van der Waals surface area contributed by atoms with E-state index in [0.717, 1.165) is 13.0 Å². The van der Waals surface area contributed by atoms with Gasteiger partial charge in [-0.3, -0.25) is 0 Å². The van der Waals surface area contributed by atoms with Crippen molar-refractivity contribution in [2.75, 3.05) is 0 Å². The molecule has 0 aliphatic heterocycles. The summed E-state index contributed by atoms with van der Waals surface area (Å²) in [6, 6.07) is 2.61. The van der Waals surface area contributed by atoms with Gasteiger partial charge in [0.1, 0.15) is 5.84 Å². The minimum atomic E-state index is 0.276. The molecule has 1 aliphatic carbocycles. The molecule has 1 atom stereocenters. The van der Waals surface area contributed by atoms with E-state index in [0.29, 0.717) is 12.3 Å². The maximum Gasteiger partial charge on any atom is 0.140 e. The lowest BCUT2D eigenvalue weighted by Gasteiger charge is -2.15. The predicted octanol–water partition coefficient (Wildman–Crippen LogP) is 2.24. The van der Waals surface area contributed by atoms with Crippen molar-refractivity contribution in [3.05, 3.63) is 21.4 Å². The zero-order chi connectivity index (χ0) is 13.0. The first-order chi connectivity index (χ1) is 8.72. The van der Waals surface area contributed by atoms with Gasteiger partial charge in [0, 0.05) is 28.8 Å². The van der Waals surface area contributed by atoms with Gasteiger partial charge in [-0.25, -0.2) is 0 Å². The van der Waals surface area contributed by atoms with Gasteiger partial charge >= 0.3 is 0 Å². The summed E-state index contributed by atoms with van der Waals surface area (Å²) in [6.07, 6.45) is 5.38. The molecule has 1 unspecified atom stereocenters. The van der Waals surface area contributed by atoms with Crippen LogP contribution in [-0.4, -0.2) is 17.1 Å². The van der Waals surface area contributed by atoms with E-state index < -0.39 is 0 Å². The molecule has 1 heterocycles. The number of aryl methyl sites for hydroxylation is 2. The molecule has 4 N–H and O–H groups in total. The Morgan fingerprint density at radius 3 is 3.11 bits per heavy atom. The molecule has 1 aromatic heterocycles. The second kappa shape index (κ2) is 6.20. The summed E-state index contributed by atoms with van der Waals surface area (Å²) in [4.78, 5) is 2.97. The second-order valence-corrected chi connectivity index (χ2v) is 6.02. The molecule has 5 heteroatoms. The Kier molecular flexibility index (Phi) is 4.60. The Morgan fingerprint density at radius 2 is 2.44 bits per heavy atom. The van der Waals surface area contributed by atoms with Crippen LogP contribution in [0.25, 0.3) is 0 Å². The summed E-state index contributed by atoms with van der Waals surface area (Å²) >= 11 is 1.93. The van der Waals surface area contributed by atoms with Crippen LogP contribution in [0.15, 0.2) is 11.2 Å². The quantitative estimate of drug-likeness (QED) is 0.320. The summed E-state index contributed by atoms with van der Waals surface area (Å²) in [5, 5.41) is 15.1. The number of oxime groups is 1. The van der Waals surface area contributed by atoms with Gasteiger partial charge in [-0.2, -0.15) is 0 Å². The maximum atomic E-state index is 8.58. The first-order valence-corrected chi connectivity index (χ1v) is 7.34. The highest BCUT2D eigenvalue weighted by Crippen LogP contribution is 2.30. The summed E-state index contributed by atoms with van der Waals surface area (Å²) < 4.78 is 0. The highest BCUT2D eigenvalue weighted by Gasteiger charge is 2.15. The van der Waals surface area contributed by atoms with E-state index in [1.807, 2.05) is 11.3 Å². The fraction of sp³-hybridized carbons (Fsp3) is 0.615. The fourth-order valence-corrected chi connectivity index (χ4v) is 3.59. The molecule has 100 valence electrons. The average Bonchev–Trinajstić information content (AvgIpc) is 2.94. The Bertz CT molecular complexity index is 406. The molecule has 0 amide bonds. The molecule has 2 rings (SSSR count). The van der Waals surface area contributed by atoms with Crippen molar-refractivity contribution in [2.24, 2.45) is 10.9 Å². The van der Waals surface area contributed by atoms with Gasteiger partial charge in [0.05, 0.1) is 0 Å². The SMILES string of the molecule is CCC(C/C(N)=N/O)NCc1cc2c(s1)CCC2. The molecule has 1 aromatic rings. The molecule has 0 radical (unpaired) electrons. The van der Waals surface area contributed by atoms with Gasteiger partial charge in [0.25, 0.3) is 0 Å². The van der Waals surface area contributed by atoms with E-state index in [2.05, 4.69) is 23.5 Å². The lowest BCUT2D eigenvalue weighted by atomic mass is 10.1. The number of amidine groups is 1. The number of rotatable bonds is 6. The molecule has 0 fully saturated rings. The normalized spacial score (nSPS) is 16.8.